The minimum Gasteiger partial charge on any atom is -0.444 e. The summed E-state index contributed by atoms with van der Waals surface area (Å²) in [5.41, 5.74) is 1.34. The second-order valence-electron chi connectivity index (χ2n) is 8.22. The summed E-state index contributed by atoms with van der Waals surface area (Å²) in [6.07, 6.45) is -1.34. The van der Waals surface area contributed by atoms with E-state index in [0.29, 0.717) is 0 Å². The minimum atomic E-state index is -0.835. The highest BCUT2D eigenvalue weighted by Crippen LogP contribution is 2.34. The highest BCUT2D eigenvalue weighted by molar-refractivity contribution is 7.94. The van der Waals surface area contributed by atoms with Crippen LogP contribution in [0.15, 0.2) is 60.7 Å². The number of benzene rings is 2. The zero-order chi connectivity index (χ0) is 22.3. The van der Waals surface area contributed by atoms with Crippen molar-refractivity contribution in [1.29, 1.82) is 0 Å². The monoisotopic (exact) mass is 445 g/mol. The fourth-order valence-electron chi connectivity index (χ4n) is 3.07. The number of esters is 1. The number of ether oxygens (including phenoxy) is 2. The van der Waals surface area contributed by atoms with Crippen molar-refractivity contribution in [3.63, 3.8) is 0 Å². The molecule has 1 aliphatic heterocycles. The van der Waals surface area contributed by atoms with Crippen molar-refractivity contribution in [2.45, 2.75) is 46.3 Å². The lowest BCUT2D eigenvalue weighted by molar-refractivity contribution is -0.202. The maximum atomic E-state index is 12.9. The van der Waals surface area contributed by atoms with E-state index >= 15 is 0 Å². The molecule has 0 saturated carbocycles. The van der Waals surface area contributed by atoms with Crippen LogP contribution in [-0.4, -0.2) is 35.0 Å². The number of rotatable bonds is 8. The van der Waals surface area contributed by atoms with Gasteiger partial charge in [0.1, 0.15) is 19.3 Å². The Labute approximate surface area is 186 Å². The number of hydrogen-bond acceptors (Lipinski definition) is 7. The van der Waals surface area contributed by atoms with Crippen LogP contribution in [0, 0.1) is 5.41 Å². The molecule has 0 unspecified atom stereocenters. The summed E-state index contributed by atoms with van der Waals surface area (Å²) in [5.74, 6) is -0.337. The summed E-state index contributed by atoms with van der Waals surface area (Å²) in [5, 5.41) is 0. The maximum Gasteiger partial charge on any atom is 0.413 e. The van der Waals surface area contributed by atoms with Crippen molar-refractivity contribution in [2.75, 3.05) is 5.75 Å². The molecule has 2 atom stereocenters. The molecule has 0 bridgehead atoms. The van der Waals surface area contributed by atoms with E-state index in [1.807, 2.05) is 81.4 Å². The van der Waals surface area contributed by atoms with Crippen LogP contribution in [0.5, 0.6) is 0 Å². The highest BCUT2D eigenvalue weighted by atomic mass is 32.2. The summed E-state index contributed by atoms with van der Waals surface area (Å²) in [4.78, 5) is 32.0. The van der Waals surface area contributed by atoms with E-state index in [9.17, 15) is 9.59 Å². The standard InChI is InChI=1S/C23H27NO6S/c1-23(2,3)21-24(22(26)27-14-17-10-6-4-7-11-17)19(20(25)29-21)16-31-30-28-15-18-12-8-5-9-13-18/h4-13,19,21H,14-16H2,1-3H3/t19-,21-/m0/s1. The Morgan fingerprint density at radius 2 is 1.58 bits per heavy atom. The lowest BCUT2D eigenvalue weighted by Gasteiger charge is -2.33. The predicted octanol–water partition coefficient (Wildman–Crippen LogP) is 4.72. The van der Waals surface area contributed by atoms with Gasteiger partial charge in [0.15, 0.2) is 6.23 Å². The van der Waals surface area contributed by atoms with E-state index in [1.165, 1.54) is 4.90 Å². The Balaban J connectivity index is 1.58. The van der Waals surface area contributed by atoms with Crippen molar-refractivity contribution >= 4 is 24.1 Å². The number of amides is 1. The summed E-state index contributed by atoms with van der Waals surface area (Å²) in [7, 11) is 0. The topological polar surface area (TPSA) is 74.3 Å². The van der Waals surface area contributed by atoms with E-state index in [-0.39, 0.29) is 19.0 Å². The SMILES string of the molecule is CC(C)(C)[C@@H]1OC(=O)[C@H](CSOOCc2ccccc2)N1C(=O)OCc1ccccc1. The number of hydrogen-bond donors (Lipinski definition) is 0. The average molecular weight is 446 g/mol. The van der Waals surface area contributed by atoms with E-state index in [4.69, 9.17) is 18.7 Å². The van der Waals surface area contributed by atoms with Gasteiger partial charge in [-0.05, 0) is 11.1 Å². The summed E-state index contributed by atoms with van der Waals surface area (Å²) >= 11 is 0.949. The molecule has 166 valence electrons. The van der Waals surface area contributed by atoms with Gasteiger partial charge >= 0.3 is 12.1 Å². The Hall–Kier alpha value is -2.55. The third-order valence-corrected chi connectivity index (χ3v) is 5.28. The van der Waals surface area contributed by atoms with E-state index in [1.54, 1.807) is 0 Å². The van der Waals surface area contributed by atoms with Gasteiger partial charge in [-0.25, -0.2) is 14.5 Å². The third-order valence-electron chi connectivity index (χ3n) is 4.64. The molecule has 0 spiro atoms. The largest absolute Gasteiger partial charge is 0.444 e. The van der Waals surface area contributed by atoms with Crippen LogP contribution in [-0.2, 0) is 36.7 Å². The molecular weight excluding hydrogens is 418 g/mol. The molecule has 1 heterocycles. The lowest BCUT2D eigenvalue weighted by Crippen LogP contribution is -2.48. The minimum absolute atomic E-state index is 0.109. The quantitative estimate of drug-likeness (QED) is 0.191. The first-order chi connectivity index (χ1) is 14.9. The Morgan fingerprint density at radius 1 is 1.00 bits per heavy atom. The zero-order valence-corrected chi connectivity index (χ0v) is 18.7. The van der Waals surface area contributed by atoms with E-state index in [0.717, 1.165) is 23.2 Å². The fraction of sp³-hybridized carbons (Fsp3) is 0.391. The van der Waals surface area contributed by atoms with Crippen molar-refractivity contribution in [1.82, 2.24) is 4.90 Å². The molecule has 8 heteroatoms. The summed E-state index contributed by atoms with van der Waals surface area (Å²) in [6.45, 7) is 6.08. The average Bonchev–Trinajstić information content (AvgIpc) is 3.10. The number of carbonyl (C=O) groups excluding carboxylic acids is 2. The Bertz CT molecular complexity index is 855. The van der Waals surface area contributed by atoms with Crippen molar-refractivity contribution in [3.05, 3.63) is 71.8 Å². The second kappa shape index (κ2) is 10.7. The maximum absolute atomic E-state index is 12.9. The van der Waals surface area contributed by atoms with Crippen LogP contribution in [0.1, 0.15) is 31.9 Å². The molecule has 1 aliphatic rings. The van der Waals surface area contributed by atoms with E-state index < -0.39 is 29.7 Å². The van der Waals surface area contributed by atoms with Crippen LogP contribution in [0.3, 0.4) is 0 Å². The number of carbonyl (C=O) groups is 2. The second-order valence-corrected chi connectivity index (χ2v) is 8.92. The summed E-state index contributed by atoms with van der Waals surface area (Å²) < 4.78 is 16.2. The smallest absolute Gasteiger partial charge is 0.413 e. The van der Waals surface area contributed by atoms with Gasteiger partial charge in [0.25, 0.3) is 0 Å². The normalized spacial score (nSPS) is 18.7. The van der Waals surface area contributed by atoms with Gasteiger partial charge in [-0.1, -0.05) is 81.4 Å². The molecule has 2 aromatic carbocycles. The Kier molecular flexibility index (Phi) is 7.95. The Morgan fingerprint density at radius 3 is 2.16 bits per heavy atom. The third kappa shape index (κ3) is 6.46. The van der Waals surface area contributed by atoms with Crippen LogP contribution >= 0.6 is 12.0 Å². The van der Waals surface area contributed by atoms with Gasteiger partial charge in [-0.15, -0.1) is 0 Å². The molecule has 31 heavy (non-hydrogen) atoms. The molecule has 1 fully saturated rings. The van der Waals surface area contributed by atoms with Crippen LogP contribution in [0.4, 0.5) is 4.79 Å². The molecular formula is C23H27NO6S. The van der Waals surface area contributed by atoms with Crippen LogP contribution in [0.2, 0.25) is 0 Å². The van der Waals surface area contributed by atoms with Crippen LogP contribution < -0.4 is 0 Å². The molecule has 0 N–H and O–H groups in total. The van der Waals surface area contributed by atoms with Gasteiger partial charge < -0.3 is 9.47 Å². The fourth-order valence-corrected chi connectivity index (χ4v) is 3.67. The first-order valence-corrected chi connectivity index (χ1v) is 10.9. The zero-order valence-electron chi connectivity index (χ0n) is 17.9. The lowest BCUT2D eigenvalue weighted by atomic mass is 9.93. The molecule has 3 rings (SSSR count). The molecule has 0 aliphatic carbocycles. The summed E-state index contributed by atoms with van der Waals surface area (Å²) in [6, 6.07) is 18.1. The highest BCUT2D eigenvalue weighted by Gasteiger charge is 2.50. The molecule has 7 nitrogen and oxygen atoms in total. The predicted molar refractivity (Wildman–Crippen MR) is 116 cm³/mol. The molecule has 1 amide bonds. The van der Waals surface area contributed by atoms with Gasteiger partial charge in [0, 0.05) is 17.5 Å². The van der Waals surface area contributed by atoms with Gasteiger partial charge in [0.05, 0.1) is 5.75 Å². The molecule has 0 radical (unpaired) electrons. The molecule has 2 aromatic rings. The number of cyclic esters (lactones) is 1. The van der Waals surface area contributed by atoms with Gasteiger partial charge in [-0.3, -0.25) is 4.90 Å². The van der Waals surface area contributed by atoms with Crippen molar-refractivity contribution in [3.8, 4) is 0 Å². The van der Waals surface area contributed by atoms with Crippen molar-refractivity contribution in [2.24, 2.45) is 5.41 Å². The van der Waals surface area contributed by atoms with Gasteiger partial charge in [-0.2, -0.15) is 4.33 Å². The van der Waals surface area contributed by atoms with Crippen molar-refractivity contribution < 1.29 is 28.3 Å². The molecule has 1 saturated heterocycles. The first kappa shape index (κ1) is 23.1. The van der Waals surface area contributed by atoms with E-state index in [2.05, 4.69) is 0 Å². The molecule has 0 aromatic heterocycles. The number of nitrogens with zero attached hydrogens (tertiary/aromatic N) is 1. The first-order valence-electron chi connectivity index (χ1n) is 10.0. The van der Waals surface area contributed by atoms with Crippen LogP contribution in [0.25, 0.3) is 0 Å². The van der Waals surface area contributed by atoms with Gasteiger partial charge in [0.2, 0.25) is 0 Å².